The molecule has 0 amide bonds. The molecule has 0 aliphatic heterocycles. The molecule has 0 N–H and O–H groups in total. The van der Waals surface area contributed by atoms with E-state index in [-0.39, 0.29) is 58.2 Å². The van der Waals surface area contributed by atoms with Crippen LogP contribution in [0.5, 0.6) is 0 Å². The van der Waals surface area contributed by atoms with Crippen LogP contribution in [-0.2, 0) is 4.52 Å². The van der Waals surface area contributed by atoms with Crippen molar-refractivity contribution in [2.45, 2.75) is 13.8 Å². The van der Waals surface area contributed by atoms with E-state index < -0.39 is 8.15 Å². The van der Waals surface area contributed by atoms with Gasteiger partial charge in [0.2, 0.25) is 0 Å². The van der Waals surface area contributed by atoms with E-state index in [9.17, 15) is 0 Å². The molecule has 0 aromatic heterocycles. The molecular weight excluding hydrogens is 459 g/mol. The van der Waals surface area contributed by atoms with E-state index in [1.807, 2.05) is 0 Å². The van der Waals surface area contributed by atoms with Crippen LogP contribution >= 0.6 is 8.15 Å². The minimum absolute atomic E-state index is 0. The van der Waals surface area contributed by atoms with Crippen molar-refractivity contribution in [1.29, 1.82) is 0 Å². The van der Waals surface area contributed by atoms with E-state index in [0.717, 1.165) is 0 Å². The van der Waals surface area contributed by atoms with Crippen molar-refractivity contribution < 1.29 is 62.7 Å². The normalized spacial score (nSPS) is 11.0. The van der Waals surface area contributed by atoms with Gasteiger partial charge in [0, 0.05) is 8.15 Å². The van der Waals surface area contributed by atoms with Crippen molar-refractivity contribution in [2.24, 2.45) is 0 Å². The van der Waals surface area contributed by atoms with Gasteiger partial charge in [-0.25, -0.2) is 0 Å². The topological polar surface area (TPSA) is 9.23 Å². The zero-order valence-corrected chi connectivity index (χ0v) is 19.2. The van der Waals surface area contributed by atoms with Crippen LogP contribution in [0.2, 0.25) is 0 Å². The summed E-state index contributed by atoms with van der Waals surface area (Å²) in [4.78, 5) is 0. The molecule has 0 aliphatic carbocycles. The SMILES string of the molecule is C[CH-][PH+](CC)OC.[Rb+].[Rf]. The van der Waals surface area contributed by atoms with Crippen molar-refractivity contribution in [1.82, 2.24) is 0 Å². The second kappa shape index (κ2) is 11.9. The Morgan fingerprint density at radius 1 is 1.56 bits per heavy atom. The minimum Gasteiger partial charge on any atom is -0.275 e. The molecule has 0 aromatic carbocycles. The van der Waals surface area contributed by atoms with Gasteiger partial charge in [0.05, 0.1) is 13.3 Å². The summed E-state index contributed by atoms with van der Waals surface area (Å²) in [5.41, 5.74) is 0. The van der Waals surface area contributed by atoms with Crippen LogP contribution in [0, 0.1) is 6.16 Å². The average molecular weight is 473 g/mol. The van der Waals surface area contributed by atoms with E-state index in [1.165, 1.54) is 6.16 Å². The molecule has 0 radical (unpaired) electrons. The molecule has 0 heterocycles. The van der Waals surface area contributed by atoms with Crippen molar-refractivity contribution in [3.8, 4) is 0 Å². The Bertz CT molecular complexity index is 38.4. The molecule has 0 saturated carbocycles. The molecule has 9 heavy (non-hydrogen) atoms. The first-order valence-corrected chi connectivity index (χ1v) is 4.23. The van der Waals surface area contributed by atoms with Crippen molar-refractivity contribution >= 4 is 8.15 Å². The molecule has 0 saturated heterocycles. The van der Waals surface area contributed by atoms with Crippen molar-refractivity contribution in [2.75, 3.05) is 13.3 Å². The van der Waals surface area contributed by atoms with E-state index in [0.29, 0.717) is 0 Å². The Hall–Kier alpha value is 1.20. The van der Waals surface area contributed by atoms with Crippen LogP contribution in [0.1, 0.15) is 13.8 Å². The predicted molar refractivity (Wildman–Crippen MR) is 35.8 cm³/mol. The first-order chi connectivity index (χ1) is 3.35. The first-order valence-electron chi connectivity index (χ1n) is 2.54. The third-order valence-electron chi connectivity index (χ3n) is 0.933. The van der Waals surface area contributed by atoms with Crippen LogP contribution in [-0.4, -0.2) is 13.3 Å². The van der Waals surface area contributed by atoms with Crippen LogP contribution in [0.15, 0.2) is 0 Å². The summed E-state index contributed by atoms with van der Waals surface area (Å²) in [5.74, 6) is 0. The van der Waals surface area contributed by atoms with E-state index >= 15 is 0 Å². The van der Waals surface area contributed by atoms with Gasteiger partial charge < -0.3 is 0 Å². The summed E-state index contributed by atoms with van der Waals surface area (Å²) in [6, 6.07) is 0. The minimum atomic E-state index is -0.488. The number of hydrogen-bond donors (Lipinski definition) is 0. The van der Waals surface area contributed by atoms with Gasteiger partial charge >= 0.3 is 58.2 Å². The van der Waals surface area contributed by atoms with Crippen molar-refractivity contribution in [3.05, 3.63) is 6.16 Å². The fraction of sp³-hybridized carbons (Fsp3) is 0.800. The Morgan fingerprint density at radius 3 is 2.00 bits per heavy atom. The van der Waals surface area contributed by atoms with Gasteiger partial charge in [-0.2, -0.15) is 6.92 Å². The van der Waals surface area contributed by atoms with Gasteiger partial charge in [-0.3, -0.25) is 4.52 Å². The molecule has 0 bridgehead atoms. The van der Waals surface area contributed by atoms with E-state index in [2.05, 4.69) is 20.0 Å². The molecule has 46 valence electrons. The molecular formula is C5H13OPRbRf+. The van der Waals surface area contributed by atoms with Gasteiger partial charge in [-0.15, -0.1) is 6.16 Å². The standard InChI is InChI=1S/C5H13OP.Rb.Rf/c1-4-7(5-2)6-3;;/h4,7H,5H2,1-3H3;;/q;+1;. The summed E-state index contributed by atoms with van der Waals surface area (Å²) in [5, 5.41) is 0. The van der Waals surface area contributed by atoms with E-state index in [1.54, 1.807) is 7.11 Å². The monoisotopic (exact) mass is 472 g/mol. The third-order valence-corrected chi connectivity index (χ3v) is 2.80. The molecule has 0 aromatic rings. The van der Waals surface area contributed by atoms with Gasteiger partial charge in [0.1, 0.15) is 0 Å². The van der Waals surface area contributed by atoms with Gasteiger partial charge in [0.25, 0.3) is 0 Å². The zero-order chi connectivity index (χ0) is 5.70. The van der Waals surface area contributed by atoms with Crippen LogP contribution in [0.3, 0.4) is 0 Å². The largest absolute Gasteiger partial charge is 1.00 e. The summed E-state index contributed by atoms with van der Waals surface area (Å²) in [6.45, 7) is 4.21. The second-order valence-electron chi connectivity index (χ2n) is 1.31. The summed E-state index contributed by atoms with van der Waals surface area (Å²) < 4.78 is 5.09. The fourth-order valence-corrected chi connectivity index (χ4v) is 1.40. The Labute approximate surface area is 102 Å². The van der Waals surface area contributed by atoms with E-state index in [4.69, 9.17) is 4.52 Å². The maximum Gasteiger partial charge on any atom is 1.00 e. The third kappa shape index (κ3) is 9.20. The van der Waals surface area contributed by atoms with Crippen LogP contribution in [0.4, 0.5) is 0 Å². The number of rotatable bonds is 3. The number of hydrogen-bond acceptors (Lipinski definition) is 1. The molecule has 0 aliphatic rings. The maximum atomic E-state index is 5.09. The Balaban J connectivity index is -0.000000180. The maximum absolute atomic E-state index is 5.09. The average Bonchev–Trinajstić information content (AvgIpc) is 1.72. The first kappa shape index (κ1) is 16.7. The molecule has 0 rings (SSSR count). The van der Waals surface area contributed by atoms with Gasteiger partial charge in [-0.1, -0.05) is 0 Å². The molecule has 1 unspecified atom stereocenters. The van der Waals surface area contributed by atoms with Gasteiger partial charge in [-0.05, 0) is 6.92 Å². The Kier molecular flexibility index (Phi) is 22.1. The predicted octanol–water partition coefficient (Wildman–Crippen LogP) is -1.03. The molecule has 1 nitrogen and oxygen atoms in total. The quantitative estimate of drug-likeness (QED) is 0.377. The van der Waals surface area contributed by atoms with Crippen LogP contribution < -0.4 is 58.2 Å². The van der Waals surface area contributed by atoms with Crippen LogP contribution in [0.25, 0.3) is 0 Å². The molecule has 0 fully saturated rings. The zero-order valence-electron chi connectivity index (χ0n) is 6.90. The van der Waals surface area contributed by atoms with Crippen molar-refractivity contribution in [3.63, 3.8) is 0 Å². The molecule has 4 heteroatoms. The summed E-state index contributed by atoms with van der Waals surface area (Å²) >= 11 is 0. The summed E-state index contributed by atoms with van der Waals surface area (Å²) in [6.07, 6.45) is 3.34. The molecule has 1 atom stereocenters. The molecule has 0 spiro atoms. The van der Waals surface area contributed by atoms with Gasteiger partial charge in [0.15, 0.2) is 0 Å². The summed E-state index contributed by atoms with van der Waals surface area (Å²) in [7, 11) is 1.29. The second-order valence-corrected chi connectivity index (χ2v) is 3.94. The Morgan fingerprint density at radius 2 is 2.00 bits per heavy atom. The smallest absolute Gasteiger partial charge is 0.275 e. The fourth-order valence-electron chi connectivity index (χ4n) is 0.466.